The quantitative estimate of drug-likeness (QED) is 0.806. The summed E-state index contributed by atoms with van der Waals surface area (Å²) >= 11 is 6.23. The fourth-order valence-electron chi connectivity index (χ4n) is 1.94. The van der Waals surface area contributed by atoms with Crippen LogP contribution in [0.2, 0.25) is 5.02 Å². The standard InChI is InChI=1S/C16H15ClO4/c1-3-20-15(18)12-10-8-6-5-7-9-11(10)13(14(12)17)16(19)21-4-2/h5-9H,3-4H2,1-2H3/i5D,8D,9D. The van der Waals surface area contributed by atoms with Gasteiger partial charge in [-0.1, -0.05) is 41.9 Å². The lowest BCUT2D eigenvalue weighted by Crippen LogP contribution is -2.06. The number of fused-ring (bicyclic) bond motifs is 1. The van der Waals surface area contributed by atoms with Crippen LogP contribution in [0.5, 0.6) is 0 Å². The summed E-state index contributed by atoms with van der Waals surface area (Å²) in [6.07, 6.45) is 0. The maximum absolute atomic E-state index is 12.3. The third-order valence-corrected chi connectivity index (χ3v) is 3.13. The van der Waals surface area contributed by atoms with Gasteiger partial charge in [0.15, 0.2) is 0 Å². The van der Waals surface area contributed by atoms with Crippen molar-refractivity contribution in [2.24, 2.45) is 0 Å². The van der Waals surface area contributed by atoms with E-state index in [9.17, 15) is 9.59 Å². The van der Waals surface area contributed by atoms with Gasteiger partial charge in [-0.3, -0.25) is 0 Å². The molecule has 0 fully saturated rings. The van der Waals surface area contributed by atoms with E-state index in [1.807, 2.05) is 0 Å². The molecule has 0 aromatic rings. The highest BCUT2D eigenvalue weighted by Gasteiger charge is 2.30. The minimum absolute atomic E-state index is 0.00463. The summed E-state index contributed by atoms with van der Waals surface area (Å²) in [6.45, 7) is 3.39. The number of ether oxygens (including phenoxy) is 2. The average molecular weight is 310 g/mol. The topological polar surface area (TPSA) is 52.6 Å². The van der Waals surface area contributed by atoms with Crippen molar-refractivity contribution in [1.29, 1.82) is 0 Å². The molecule has 110 valence electrons. The molecule has 0 aliphatic heterocycles. The highest BCUT2D eigenvalue weighted by Crippen LogP contribution is 2.40. The molecule has 0 aromatic heterocycles. The molecular formula is C16H15ClO4. The molecule has 0 N–H and O–H groups in total. The Morgan fingerprint density at radius 1 is 1.05 bits per heavy atom. The van der Waals surface area contributed by atoms with E-state index in [-0.39, 0.29) is 58.6 Å². The zero-order valence-electron chi connectivity index (χ0n) is 14.6. The third kappa shape index (κ3) is 2.85. The van der Waals surface area contributed by atoms with Gasteiger partial charge >= 0.3 is 11.9 Å². The van der Waals surface area contributed by atoms with E-state index < -0.39 is 11.9 Å². The minimum atomic E-state index is -0.798. The molecule has 0 heterocycles. The maximum atomic E-state index is 12.3. The lowest BCUT2D eigenvalue weighted by Gasteiger charge is -2.02. The van der Waals surface area contributed by atoms with Crippen molar-refractivity contribution in [3.63, 3.8) is 0 Å². The maximum Gasteiger partial charge on any atom is 0.340 e. The van der Waals surface area contributed by atoms with Crippen molar-refractivity contribution in [2.75, 3.05) is 13.2 Å². The molecule has 0 spiro atoms. The average Bonchev–Trinajstić information content (AvgIpc) is 2.75. The molecular weight excluding hydrogens is 292 g/mol. The molecule has 21 heavy (non-hydrogen) atoms. The first-order valence-corrected chi connectivity index (χ1v) is 6.78. The first kappa shape index (κ1) is 11.6. The number of rotatable bonds is 4. The predicted molar refractivity (Wildman–Crippen MR) is 80.0 cm³/mol. The van der Waals surface area contributed by atoms with Crippen molar-refractivity contribution in [1.82, 2.24) is 0 Å². The number of carbonyl (C=O) groups excluding carboxylic acids is 2. The molecule has 2 aliphatic rings. The molecule has 0 saturated heterocycles. The van der Waals surface area contributed by atoms with Gasteiger partial charge in [-0.05, 0) is 25.0 Å². The second-order valence-corrected chi connectivity index (χ2v) is 4.38. The predicted octanol–water partition coefficient (Wildman–Crippen LogP) is 3.80. The van der Waals surface area contributed by atoms with Gasteiger partial charge in [0.2, 0.25) is 0 Å². The van der Waals surface area contributed by atoms with Crippen molar-refractivity contribution >= 4 is 23.5 Å². The van der Waals surface area contributed by atoms with Crippen molar-refractivity contribution in [3.05, 3.63) is 46.4 Å². The third-order valence-electron chi connectivity index (χ3n) is 2.75. The Kier molecular flexibility index (Phi) is 3.63. The SMILES string of the molecule is [2H]c1cc([2H])c2c(C(=O)OCC)c(Cl)c(C(=O)OCC)c-2c([2H])c1. The number of esters is 2. The Morgan fingerprint density at radius 3 is 1.86 bits per heavy atom. The van der Waals surface area contributed by atoms with E-state index in [1.54, 1.807) is 13.8 Å². The van der Waals surface area contributed by atoms with Crippen LogP contribution in [0.3, 0.4) is 0 Å². The molecule has 2 aliphatic carbocycles. The Balaban J connectivity index is 2.91. The molecule has 0 saturated carbocycles. The van der Waals surface area contributed by atoms with E-state index in [0.717, 1.165) is 0 Å². The Hall–Kier alpha value is -2.07. The van der Waals surface area contributed by atoms with Crippen LogP contribution in [-0.2, 0) is 9.47 Å². The van der Waals surface area contributed by atoms with E-state index in [2.05, 4.69) is 0 Å². The summed E-state index contributed by atoms with van der Waals surface area (Å²) in [5, 5.41) is -0.207. The van der Waals surface area contributed by atoms with Crippen LogP contribution in [0, 0.1) is 0 Å². The fraction of sp³-hybridized carbons (Fsp3) is 0.250. The molecule has 0 aromatic carbocycles. The normalized spacial score (nSPS) is 12.4. The monoisotopic (exact) mass is 309 g/mol. The Bertz CT molecular complexity index is 730. The van der Waals surface area contributed by atoms with Crippen LogP contribution < -0.4 is 0 Å². The van der Waals surface area contributed by atoms with E-state index in [1.165, 1.54) is 12.1 Å². The van der Waals surface area contributed by atoms with E-state index >= 15 is 0 Å². The zero-order valence-corrected chi connectivity index (χ0v) is 12.3. The van der Waals surface area contributed by atoms with Crippen LogP contribution in [0.25, 0.3) is 11.1 Å². The summed E-state index contributed by atoms with van der Waals surface area (Å²) in [7, 11) is 0. The molecule has 0 unspecified atom stereocenters. The van der Waals surface area contributed by atoms with Gasteiger partial charge in [0, 0.05) is 0 Å². The van der Waals surface area contributed by atoms with Crippen molar-refractivity contribution in [2.45, 2.75) is 13.8 Å². The van der Waals surface area contributed by atoms with Gasteiger partial charge in [0.05, 0.1) is 33.5 Å². The van der Waals surface area contributed by atoms with Crippen molar-refractivity contribution < 1.29 is 23.2 Å². The zero-order chi connectivity index (χ0) is 18.0. The molecule has 0 bridgehead atoms. The lowest BCUT2D eigenvalue weighted by molar-refractivity contribution is 0.0525. The first-order chi connectivity index (χ1) is 11.3. The molecule has 0 radical (unpaired) electrons. The smallest absolute Gasteiger partial charge is 0.340 e. The van der Waals surface area contributed by atoms with Gasteiger partial charge < -0.3 is 9.47 Å². The summed E-state index contributed by atoms with van der Waals surface area (Å²) in [5.74, 6) is -1.60. The van der Waals surface area contributed by atoms with Crippen LogP contribution in [0.1, 0.15) is 38.7 Å². The number of hydrogen-bond acceptors (Lipinski definition) is 4. The first-order valence-electron chi connectivity index (χ1n) is 7.90. The molecule has 4 nitrogen and oxygen atoms in total. The van der Waals surface area contributed by atoms with Crippen LogP contribution in [0.15, 0.2) is 30.3 Å². The van der Waals surface area contributed by atoms with Gasteiger partial charge in [0.25, 0.3) is 0 Å². The van der Waals surface area contributed by atoms with Crippen LogP contribution in [-0.4, -0.2) is 25.2 Å². The molecule has 0 atom stereocenters. The highest BCUT2D eigenvalue weighted by molar-refractivity contribution is 6.39. The van der Waals surface area contributed by atoms with Crippen molar-refractivity contribution in [3.8, 4) is 11.1 Å². The number of carbonyl (C=O) groups is 2. The largest absolute Gasteiger partial charge is 0.462 e. The van der Waals surface area contributed by atoms with Crippen LogP contribution in [0.4, 0.5) is 0 Å². The van der Waals surface area contributed by atoms with Gasteiger partial charge in [0.1, 0.15) is 0 Å². The molecule has 2 rings (SSSR count). The Morgan fingerprint density at radius 2 is 1.48 bits per heavy atom. The summed E-state index contributed by atoms with van der Waals surface area (Å²) in [6, 6.07) is 1.85. The number of halogens is 1. The molecule has 5 heteroatoms. The molecule has 0 amide bonds. The van der Waals surface area contributed by atoms with Crippen LogP contribution >= 0.6 is 11.6 Å². The van der Waals surface area contributed by atoms with Gasteiger partial charge in [-0.2, -0.15) is 0 Å². The van der Waals surface area contributed by atoms with E-state index in [4.69, 9.17) is 25.2 Å². The Labute approximate surface area is 132 Å². The summed E-state index contributed by atoms with van der Waals surface area (Å²) in [4.78, 5) is 24.5. The van der Waals surface area contributed by atoms with Gasteiger partial charge in [-0.25, -0.2) is 9.59 Å². The van der Waals surface area contributed by atoms with Gasteiger partial charge in [-0.15, -0.1) is 0 Å². The highest BCUT2D eigenvalue weighted by atomic mass is 35.5. The second kappa shape index (κ2) is 6.59. The minimum Gasteiger partial charge on any atom is -0.462 e. The fourth-order valence-corrected chi connectivity index (χ4v) is 2.29. The van der Waals surface area contributed by atoms with E-state index in [0.29, 0.717) is 0 Å². The summed E-state index contributed by atoms with van der Waals surface area (Å²) in [5.41, 5.74) is -0.314. The number of hydrogen-bond donors (Lipinski definition) is 0. The second-order valence-electron chi connectivity index (χ2n) is 4.00. The lowest BCUT2D eigenvalue weighted by atomic mass is 10.1. The summed E-state index contributed by atoms with van der Waals surface area (Å²) < 4.78 is 33.9.